The molecule has 0 fully saturated rings. The van der Waals surface area contributed by atoms with Gasteiger partial charge in [0.15, 0.2) is 0 Å². The van der Waals surface area contributed by atoms with Gasteiger partial charge in [0.2, 0.25) is 0 Å². The highest BCUT2D eigenvalue weighted by Gasteiger charge is 1.95. The number of esters is 1. The van der Waals surface area contributed by atoms with Gasteiger partial charge in [-0.15, -0.1) is 0 Å². The highest BCUT2D eigenvalue weighted by atomic mass is 16.5. The van der Waals surface area contributed by atoms with Gasteiger partial charge >= 0.3 is 5.97 Å². The number of ether oxygens (including phenoxy) is 1. The fraction of sp³-hybridized carbons (Fsp3) is 0.667. The Hall–Kier alpha value is -1.05. The minimum Gasteiger partial charge on any atom is -0.463 e. The molecule has 0 aliphatic heterocycles. The fourth-order valence-electron chi connectivity index (χ4n) is 1.65. The average molecular weight is 238 g/mol. The van der Waals surface area contributed by atoms with Crippen LogP contribution in [-0.2, 0) is 9.53 Å². The second-order valence-corrected chi connectivity index (χ2v) is 4.20. The van der Waals surface area contributed by atoms with Gasteiger partial charge in [0, 0.05) is 6.08 Å². The van der Waals surface area contributed by atoms with Crippen molar-refractivity contribution in [1.82, 2.24) is 0 Å². The van der Waals surface area contributed by atoms with Gasteiger partial charge in [-0.3, -0.25) is 0 Å². The summed E-state index contributed by atoms with van der Waals surface area (Å²) in [6.07, 6.45) is 15.4. The lowest BCUT2D eigenvalue weighted by Gasteiger charge is -2.02. The van der Waals surface area contributed by atoms with Crippen molar-refractivity contribution in [2.24, 2.45) is 0 Å². The van der Waals surface area contributed by atoms with Crippen LogP contribution in [0, 0.1) is 0 Å². The lowest BCUT2D eigenvalue weighted by Crippen LogP contribution is -2.01. The normalized spacial score (nSPS) is 10.6. The summed E-state index contributed by atoms with van der Waals surface area (Å²) >= 11 is 0. The van der Waals surface area contributed by atoms with E-state index in [1.165, 1.54) is 44.6 Å². The molecule has 98 valence electrons. The van der Waals surface area contributed by atoms with E-state index in [0.717, 1.165) is 12.8 Å². The zero-order chi connectivity index (χ0) is 12.8. The van der Waals surface area contributed by atoms with Crippen LogP contribution in [-0.4, -0.2) is 12.6 Å². The largest absolute Gasteiger partial charge is 0.463 e. The Morgan fingerprint density at radius 3 is 2.24 bits per heavy atom. The molecule has 0 unspecified atom stereocenters. The Morgan fingerprint density at radius 2 is 1.65 bits per heavy atom. The van der Waals surface area contributed by atoms with Gasteiger partial charge in [0.05, 0.1) is 6.61 Å². The molecule has 0 heterocycles. The molecule has 0 rings (SSSR count). The van der Waals surface area contributed by atoms with E-state index in [1.807, 2.05) is 0 Å². The second kappa shape index (κ2) is 13.0. The van der Waals surface area contributed by atoms with E-state index in [0.29, 0.717) is 6.61 Å². The highest BCUT2D eigenvalue weighted by molar-refractivity contribution is 5.81. The lowest BCUT2D eigenvalue weighted by atomic mass is 10.1. The van der Waals surface area contributed by atoms with Crippen molar-refractivity contribution >= 4 is 5.97 Å². The van der Waals surface area contributed by atoms with Crippen LogP contribution in [0.4, 0.5) is 0 Å². The van der Waals surface area contributed by atoms with E-state index < -0.39 is 0 Å². The Labute approximate surface area is 106 Å². The first-order valence-corrected chi connectivity index (χ1v) is 6.71. The van der Waals surface area contributed by atoms with Crippen LogP contribution in [0.15, 0.2) is 24.8 Å². The van der Waals surface area contributed by atoms with E-state index >= 15 is 0 Å². The third kappa shape index (κ3) is 12.9. The van der Waals surface area contributed by atoms with Crippen LogP contribution in [0.3, 0.4) is 0 Å². The average Bonchev–Trinajstić information content (AvgIpc) is 2.35. The molecule has 2 nitrogen and oxygen atoms in total. The predicted octanol–water partition coefficient (Wildman–Crippen LogP) is 4.41. The van der Waals surface area contributed by atoms with Gasteiger partial charge < -0.3 is 4.74 Å². The Morgan fingerprint density at radius 1 is 1.06 bits per heavy atom. The van der Waals surface area contributed by atoms with Crippen LogP contribution in [0.25, 0.3) is 0 Å². The molecule has 0 amide bonds. The smallest absolute Gasteiger partial charge is 0.330 e. The number of allylic oxidation sites excluding steroid dienone is 2. The molecule has 0 saturated heterocycles. The van der Waals surface area contributed by atoms with Crippen LogP contribution in [0.2, 0.25) is 0 Å². The fourth-order valence-corrected chi connectivity index (χ4v) is 1.65. The minimum atomic E-state index is -0.311. The quantitative estimate of drug-likeness (QED) is 0.231. The molecule has 0 aliphatic rings. The van der Waals surface area contributed by atoms with Gasteiger partial charge in [-0.2, -0.15) is 0 Å². The van der Waals surface area contributed by atoms with E-state index in [9.17, 15) is 4.79 Å². The van der Waals surface area contributed by atoms with Crippen molar-refractivity contribution in [1.29, 1.82) is 0 Å². The van der Waals surface area contributed by atoms with E-state index in [2.05, 4.69) is 25.7 Å². The minimum absolute atomic E-state index is 0.311. The van der Waals surface area contributed by atoms with E-state index in [4.69, 9.17) is 4.74 Å². The first kappa shape index (κ1) is 16.0. The summed E-state index contributed by atoms with van der Waals surface area (Å²) in [6, 6.07) is 0. The number of hydrogen-bond donors (Lipinski definition) is 0. The number of hydrogen-bond acceptors (Lipinski definition) is 2. The summed E-state index contributed by atoms with van der Waals surface area (Å²) in [5.41, 5.74) is 0. The van der Waals surface area contributed by atoms with Crippen molar-refractivity contribution in [3.05, 3.63) is 24.8 Å². The summed E-state index contributed by atoms with van der Waals surface area (Å²) in [6.45, 7) is 5.95. The zero-order valence-electron chi connectivity index (χ0n) is 11.1. The van der Waals surface area contributed by atoms with E-state index in [-0.39, 0.29) is 5.97 Å². The number of rotatable bonds is 11. The Balaban J connectivity index is 3.03. The molecule has 17 heavy (non-hydrogen) atoms. The molecule has 0 aromatic rings. The molecule has 0 aromatic carbocycles. The zero-order valence-corrected chi connectivity index (χ0v) is 11.1. The van der Waals surface area contributed by atoms with Crippen molar-refractivity contribution < 1.29 is 9.53 Å². The van der Waals surface area contributed by atoms with Crippen molar-refractivity contribution in [2.45, 2.75) is 58.3 Å². The first-order chi connectivity index (χ1) is 8.31. The molecular weight excluding hydrogens is 212 g/mol. The van der Waals surface area contributed by atoms with Gasteiger partial charge in [0.25, 0.3) is 0 Å². The van der Waals surface area contributed by atoms with Crippen LogP contribution < -0.4 is 0 Å². The molecule has 0 saturated carbocycles. The summed E-state index contributed by atoms with van der Waals surface area (Å²) < 4.78 is 4.90. The Bertz CT molecular complexity index is 219. The molecule has 0 radical (unpaired) electrons. The monoisotopic (exact) mass is 238 g/mol. The standard InChI is InChI=1S/C15H26O2/c1-3-5-6-7-8-9-10-11-12-13-14-17-15(16)4-2/h3-5H,2,6-14H2,1H3. The first-order valence-electron chi connectivity index (χ1n) is 6.71. The maximum absolute atomic E-state index is 10.7. The summed E-state index contributed by atoms with van der Waals surface area (Å²) in [5.74, 6) is -0.311. The Kier molecular flexibility index (Phi) is 12.2. The van der Waals surface area contributed by atoms with Crippen molar-refractivity contribution in [3.63, 3.8) is 0 Å². The summed E-state index contributed by atoms with van der Waals surface area (Å²) in [5, 5.41) is 0. The van der Waals surface area contributed by atoms with Crippen molar-refractivity contribution in [3.8, 4) is 0 Å². The molecule has 0 aliphatic carbocycles. The van der Waals surface area contributed by atoms with Gasteiger partial charge in [-0.25, -0.2) is 4.79 Å². The maximum Gasteiger partial charge on any atom is 0.330 e. The molecule has 0 aromatic heterocycles. The molecule has 0 atom stereocenters. The molecular formula is C15H26O2. The van der Waals surface area contributed by atoms with Crippen molar-refractivity contribution in [2.75, 3.05) is 6.61 Å². The topological polar surface area (TPSA) is 26.3 Å². The van der Waals surface area contributed by atoms with Gasteiger partial charge in [0.1, 0.15) is 0 Å². The van der Waals surface area contributed by atoms with Gasteiger partial charge in [-0.1, -0.05) is 50.8 Å². The van der Waals surface area contributed by atoms with E-state index in [1.54, 1.807) is 0 Å². The molecule has 0 bridgehead atoms. The molecule has 0 spiro atoms. The molecule has 2 heteroatoms. The van der Waals surface area contributed by atoms with Gasteiger partial charge in [-0.05, 0) is 26.2 Å². The summed E-state index contributed by atoms with van der Waals surface area (Å²) in [7, 11) is 0. The number of unbranched alkanes of at least 4 members (excludes halogenated alkanes) is 7. The highest BCUT2D eigenvalue weighted by Crippen LogP contribution is 2.08. The second-order valence-electron chi connectivity index (χ2n) is 4.20. The lowest BCUT2D eigenvalue weighted by molar-refractivity contribution is -0.137. The third-order valence-corrected chi connectivity index (χ3v) is 2.66. The van der Waals surface area contributed by atoms with Crippen LogP contribution in [0.5, 0.6) is 0 Å². The third-order valence-electron chi connectivity index (χ3n) is 2.66. The van der Waals surface area contributed by atoms with Crippen LogP contribution in [0.1, 0.15) is 58.3 Å². The SMILES string of the molecule is C=CC(=O)OCCCCCCCCCC=CC. The predicted molar refractivity (Wildman–Crippen MR) is 72.9 cm³/mol. The number of carbonyl (C=O) groups excluding carboxylic acids is 1. The molecule has 0 N–H and O–H groups in total. The summed E-state index contributed by atoms with van der Waals surface area (Å²) in [4.78, 5) is 10.7. The van der Waals surface area contributed by atoms with Crippen LogP contribution >= 0.6 is 0 Å². The number of carbonyl (C=O) groups is 1. The maximum atomic E-state index is 10.7.